The minimum atomic E-state index is -5.14. The molecular weight excluding hydrogens is 1060 g/mol. The van der Waals surface area contributed by atoms with E-state index in [9.17, 15) is 26.4 Å². The highest BCUT2D eigenvalue weighted by molar-refractivity contribution is 7.92. The summed E-state index contributed by atoms with van der Waals surface area (Å²) in [4.78, 5) is 29.4. The quantitative estimate of drug-likeness (QED) is 0.0806. The highest BCUT2D eigenvalue weighted by Crippen LogP contribution is 2.55. The molecule has 78 heavy (non-hydrogen) atoms. The van der Waals surface area contributed by atoms with Crippen molar-refractivity contribution in [1.29, 1.82) is 0 Å². The minimum Gasteiger partial charge on any atom is -0.346 e. The molecule has 0 fully saturated rings. The summed E-state index contributed by atoms with van der Waals surface area (Å²) < 4.78 is 137. The van der Waals surface area contributed by atoms with Crippen molar-refractivity contribution in [1.82, 2.24) is 44.4 Å². The van der Waals surface area contributed by atoms with E-state index in [1.165, 1.54) is 22.9 Å². The van der Waals surface area contributed by atoms with E-state index in [0.717, 1.165) is 42.0 Å². The standard InChI is InChI=1S/C56H45F7N10O3S2/c1-31-32(2)55(59,60)50-46(31)49(56(61,62)63)68-73(50)29-45(74)65-42(25-33-23-37(57)26-38(58)24-33)47-41(39-21-14-22-40-48(39)71(3)69-51(40)70-78(4,75)76)27-44-52(66-47)67-53(77-44)43-28-72(30-64-43)54(34-15-8-5-9-16-34,35-17-10-6-11-18-35)36-19-12-7-13-20-36/h5-24,26-28,30-32,42H,25,29H2,1-4H3,(H,65,74)(H,69,70)/t31-,32+,42-/m0/s1. The molecule has 398 valence electrons. The van der Waals surface area contributed by atoms with E-state index < -0.39 is 93.0 Å². The van der Waals surface area contributed by atoms with Gasteiger partial charge in [0.2, 0.25) is 15.9 Å². The molecule has 0 aliphatic heterocycles. The Morgan fingerprint density at radius 1 is 0.808 bits per heavy atom. The van der Waals surface area contributed by atoms with E-state index >= 15 is 17.6 Å². The number of carbonyl (C=O) groups excluding carboxylic acids is 1. The van der Waals surface area contributed by atoms with Crippen LogP contribution in [0.5, 0.6) is 0 Å². The molecule has 5 aromatic heterocycles. The van der Waals surface area contributed by atoms with Crippen LogP contribution in [0.4, 0.5) is 36.6 Å². The number of thiazole rings is 1. The van der Waals surface area contributed by atoms with E-state index in [1.807, 2.05) is 102 Å². The normalized spacial score (nSPS) is 15.9. The van der Waals surface area contributed by atoms with Gasteiger partial charge >= 0.3 is 6.18 Å². The smallest absolute Gasteiger partial charge is 0.346 e. The first kappa shape index (κ1) is 51.8. The summed E-state index contributed by atoms with van der Waals surface area (Å²) >= 11 is 1.23. The summed E-state index contributed by atoms with van der Waals surface area (Å²) in [5, 5.41) is 11.5. The van der Waals surface area contributed by atoms with Crippen LogP contribution >= 0.6 is 11.3 Å². The lowest BCUT2D eigenvalue weighted by Gasteiger charge is -2.37. The number of aryl methyl sites for hydroxylation is 1. The zero-order valence-electron chi connectivity index (χ0n) is 41.8. The van der Waals surface area contributed by atoms with Gasteiger partial charge in [-0.1, -0.05) is 117 Å². The molecule has 1 aliphatic carbocycles. The summed E-state index contributed by atoms with van der Waals surface area (Å²) in [5.74, 6) is -9.65. The molecule has 0 bridgehead atoms. The summed E-state index contributed by atoms with van der Waals surface area (Å²) in [6, 6.07) is 37.8. The maximum atomic E-state index is 15.9. The maximum absolute atomic E-state index is 15.9. The Kier molecular flexibility index (Phi) is 12.9. The average molecular weight is 1100 g/mol. The number of nitrogens with zero attached hydrogens (tertiary/aromatic N) is 8. The Hall–Kier alpha value is -8.24. The van der Waals surface area contributed by atoms with Gasteiger partial charge in [0.15, 0.2) is 17.2 Å². The predicted octanol–water partition coefficient (Wildman–Crippen LogP) is 11.8. The molecule has 0 unspecified atom stereocenters. The highest BCUT2D eigenvalue weighted by atomic mass is 32.2. The van der Waals surface area contributed by atoms with Gasteiger partial charge in [0, 0.05) is 47.3 Å². The second-order valence-corrected chi connectivity index (χ2v) is 22.1. The molecule has 1 amide bonds. The Morgan fingerprint density at radius 2 is 1.42 bits per heavy atom. The number of sulfonamides is 1. The number of nitrogens with one attached hydrogen (secondary N) is 2. The first-order valence-corrected chi connectivity index (χ1v) is 27.1. The third-order valence-electron chi connectivity index (χ3n) is 14.3. The summed E-state index contributed by atoms with van der Waals surface area (Å²) in [5.41, 5.74) is 0.271. The first-order valence-electron chi connectivity index (χ1n) is 24.4. The third kappa shape index (κ3) is 9.14. The number of benzene rings is 5. The van der Waals surface area contributed by atoms with Crippen LogP contribution in [0.3, 0.4) is 0 Å². The topological polar surface area (TPSA) is 155 Å². The van der Waals surface area contributed by atoms with Crippen molar-refractivity contribution in [3.05, 3.63) is 203 Å². The van der Waals surface area contributed by atoms with Crippen LogP contribution in [-0.2, 0) is 52.5 Å². The third-order valence-corrected chi connectivity index (χ3v) is 15.9. The van der Waals surface area contributed by atoms with Crippen molar-refractivity contribution in [2.24, 2.45) is 13.0 Å². The number of hydrogen-bond acceptors (Lipinski definition) is 9. The lowest BCUT2D eigenvalue weighted by Crippen LogP contribution is -2.36. The SMILES string of the molecule is C[C@@H]1c2c(C(F)(F)F)nn(CC(=O)N[C@@H](Cc3cc(F)cc(F)c3)c3nc4nc(-c5cn(C(c6ccccc6)(c6ccccc6)c6ccccc6)cn5)sc4cc3-c3cccc4c(NS(C)(=O)=O)nn(C)c34)c2C(F)(F)[C@@H]1C. The number of halogens is 7. The van der Waals surface area contributed by atoms with Gasteiger partial charge < -0.3 is 9.88 Å². The number of fused-ring (bicyclic) bond motifs is 3. The minimum absolute atomic E-state index is 0.00816. The Balaban J connectivity index is 1.09. The van der Waals surface area contributed by atoms with Crippen molar-refractivity contribution in [3.8, 4) is 21.8 Å². The number of rotatable bonds is 14. The monoisotopic (exact) mass is 1100 g/mol. The van der Waals surface area contributed by atoms with Gasteiger partial charge in [-0.25, -0.2) is 32.2 Å². The molecule has 22 heteroatoms. The van der Waals surface area contributed by atoms with Crippen molar-refractivity contribution in [2.75, 3.05) is 11.0 Å². The number of imidazole rings is 1. The molecule has 5 heterocycles. The van der Waals surface area contributed by atoms with Gasteiger partial charge in [-0.2, -0.15) is 32.1 Å². The number of para-hydroxylation sites is 1. The van der Waals surface area contributed by atoms with E-state index in [0.29, 0.717) is 42.6 Å². The highest BCUT2D eigenvalue weighted by Gasteiger charge is 2.57. The average Bonchev–Trinajstić information content (AvgIpc) is 4.28. The molecule has 13 nitrogen and oxygen atoms in total. The predicted molar refractivity (Wildman–Crippen MR) is 281 cm³/mol. The van der Waals surface area contributed by atoms with Gasteiger partial charge in [-0.15, -0.1) is 11.3 Å². The van der Waals surface area contributed by atoms with Crippen LogP contribution in [0, 0.1) is 17.6 Å². The van der Waals surface area contributed by atoms with Crippen molar-refractivity contribution >= 4 is 54.3 Å². The molecular formula is C56H45F7N10O3S2. The number of anilines is 1. The first-order chi connectivity index (χ1) is 37.1. The molecule has 1 aliphatic rings. The number of alkyl halides is 5. The molecule has 0 spiro atoms. The fourth-order valence-electron chi connectivity index (χ4n) is 10.8. The zero-order valence-corrected chi connectivity index (χ0v) is 43.4. The number of aromatic nitrogens is 8. The molecule has 0 saturated carbocycles. The largest absolute Gasteiger partial charge is 0.435 e. The number of hydrogen-bond donors (Lipinski definition) is 2. The van der Waals surface area contributed by atoms with Gasteiger partial charge in [0.25, 0.3) is 5.92 Å². The van der Waals surface area contributed by atoms with Crippen LogP contribution in [-0.4, -0.2) is 59.7 Å². The second kappa shape index (κ2) is 19.3. The van der Waals surface area contributed by atoms with Crippen LogP contribution in [0.2, 0.25) is 0 Å². The van der Waals surface area contributed by atoms with E-state index in [4.69, 9.17) is 15.0 Å². The number of amides is 1. The Labute approximate surface area is 445 Å². The fourth-order valence-corrected chi connectivity index (χ4v) is 12.2. The Bertz CT molecular complexity index is 3930. The van der Waals surface area contributed by atoms with Crippen molar-refractivity contribution in [2.45, 2.75) is 56.4 Å². The van der Waals surface area contributed by atoms with Gasteiger partial charge in [-0.05, 0) is 58.9 Å². The van der Waals surface area contributed by atoms with Crippen molar-refractivity contribution in [3.63, 3.8) is 0 Å². The lowest BCUT2D eigenvalue weighted by atomic mass is 9.77. The lowest BCUT2D eigenvalue weighted by molar-refractivity contribution is -0.143. The molecule has 0 saturated heterocycles. The molecule has 11 rings (SSSR count). The summed E-state index contributed by atoms with van der Waals surface area (Å²) in [6.45, 7) is 1.25. The maximum Gasteiger partial charge on any atom is 0.435 e. The second-order valence-electron chi connectivity index (χ2n) is 19.4. The summed E-state index contributed by atoms with van der Waals surface area (Å²) in [6.07, 6.45) is -0.971. The molecule has 0 radical (unpaired) electrons. The molecule has 2 N–H and O–H groups in total. The van der Waals surface area contributed by atoms with Gasteiger partial charge in [-0.3, -0.25) is 18.9 Å². The van der Waals surface area contributed by atoms with Crippen LogP contribution in [0.25, 0.3) is 43.1 Å². The number of carbonyl (C=O) groups is 1. The van der Waals surface area contributed by atoms with E-state index in [-0.39, 0.29) is 28.3 Å². The fraction of sp³-hybridized carbons (Fsp3) is 0.214. The van der Waals surface area contributed by atoms with Gasteiger partial charge in [0.1, 0.15) is 40.1 Å². The van der Waals surface area contributed by atoms with E-state index in [1.54, 1.807) is 37.6 Å². The molecule has 3 atom stereocenters. The summed E-state index contributed by atoms with van der Waals surface area (Å²) in [7, 11) is -2.27. The van der Waals surface area contributed by atoms with E-state index in [2.05, 4.69) is 20.2 Å². The van der Waals surface area contributed by atoms with Crippen LogP contribution < -0.4 is 10.0 Å². The number of pyridine rings is 1. The molecule has 5 aromatic carbocycles. The Morgan fingerprint density at radius 3 is 2.01 bits per heavy atom. The zero-order chi connectivity index (χ0) is 55.1. The van der Waals surface area contributed by atoms with Gasteiger partial charge in [0.05, 0.1) is 34.5 Å². The van der Waals surface area contributed by atoms with Crippen LogP contribution in [0.15, 0.2) is 146 Å². The molecule has 10 aromatic rings. The van der Waals surface area contributed by atoms with Crippen molar-refractivity contribution < 1.29 is 43.9 Å². The van der Waals surface area contributed by atoms with Crippen LogP contribution in [0.1, 0.15) is 70.7 Å².